The number of carbonyl (C=O) groups excluding carboxylic acids is 1. The molecule has 0 saturated heterocycles. The van der Waals surface area contributed by atoms with Gasteiger partial charge in [0.05, 0.1) is 17.1 Å². The van der Waals surface area contributed by atoms with Gasteiger partial charge in [0.2, 0.25) is 0 Å². The van der Waals surface area contributed by atoms with Gasteiger partial charge in [-0.1, -0.05) is 18.9 Å². The van der Waals surface area contributed by atoms with E-state index in [9.17, 15) is 9.59 Å². The molecule has 1 amide bonds. The van der Waals surface area contributed by atoms with Crippen LogP contribution in [0, 0.1) is 12.3 Å². The fourth-order valence-corrected chi connectivity index (χ4v) is 4.36. The van der Waals surface area contributed by atoms with E-state index in [0.29, 0.717) is 36.3 Å². The Hall–Kier alpha value is -3.00. The quantitative estimate of drug-likeness (QED) is 0.438. The summed E-state index contributed by atoms with van der Waals surface area (Å²) in [4.78, 5) is 31.2. The Balaban J connectivity index is 1.85. The summed E-state index contributed by atoms with van der Waals surface area (Å²) in [6.07, 6.45) is 6.55. The first-order valence-electron chi connectivity index (χ1n) is 11.4. The highest BCUT2D eigenvalue weighted by atomic mass is 16.5. The van der Waals surface area contributed by atoms with Crippen molar-refractivity contribution in [3.8, 4) is 0 Å². The lowest BCUT2D eigenvalue weighted by molar-refractivity contribution is 0.0748. The molecule has 3 aromatic heterocycles. The first-order valence-corrected chi connectivity index (χ1v) is 11.4. The minimum absolute atomic E-state index is 0.0716. The number of pyridine rings is 2. The van der Waals surface area contributed by atoms with Crippen molar-refractivity contribution in [2.45, 2.75) is 71.6 Å². The average molecular weight is 438 g/mol. The minimum atomic E-state index is -0.301. The van der Waals surface area contributed by atoms with E-state index in [-0.39, 0.29) is 34.7 Å². The highest BCUT2D eigenvalue weighted by Gasteiger charge is 2.22. The Morgan fingerprint density at radius 1 is 1.31 bits per heavy atom. The van der Waals surface area contributed by atoms with E-state index < -0.39 is 0 Å². The molecule has 1 fully saturated rings. The van der Waals surface area contributed by atoms with Gasteiger partial charge in [-0.05, 0) is 57.7 Å². The third-order valence-electron chi connectivity index (χ3n) is 6.05. The van der Waals surface area contributed by atoms with E-state index >= 15 is 0 Å². The van der Waals surface area contributed by atoms with Crippen molar-refractivity contribution in [3.05, 3.63) is 51.4 Å². The summed E-state index contributed by atoms with van der Waals surface area (Å²) in [7, 11) is 0. The third kappa shape index (κ3) is 4.32. The van der Waals surface area contributed by atoms with Crippen molar-refractivity contribution >= 4 is 22.6 Å². The Morgan fingerprint density at radius 3 is 2.78 bits per heavy atom. The van der Waals surface area contributed by atoms with Crippen LogP contribution in [-0.2, 0) is 11.3 Å². The second-order valence-electron chi connectivity index (χ2n) is 8.83. The lowest BCUT2D eigenvalue weighted by Crippen LogP contribution is -2.38. The predicted octanol–water partition coefficient (Wildman–Crippen LogP) is 2.92. The van der Waals surface area contributed by atoms with Crippen LogP contribution in [-0.4, -0.2) is 38.6 Å². The molecule has 8 nitrogen and oxygen atoms in total. The topological polar surface area (TPSA) is 101 Å². The summed E-state index contributed by atoms with van der Waals surface area (Å²) < 4.78 is 8.84. The molecule has 0 atom stereocenters. The predicted molar refractivity (Wildman–Crippen MR) is 123 cm³/mol. The molecule has 0 bridgehead atoms. The Kier molecular flexibility index (Phi) is 6.41. The molecule has 0 spiro atoms. The van der Waals surface area contributed by atoms with Gasteiger partial charge < -0.3 is 14.6 Å². The summed E-state index contributed by atoms with van der Waals surface area (Å²) in [6.45, 7) is 6.81. The van der Waals surface area contributed by atoms with Crippen LogP contribution in [0.1, 0.15) is 61.9 Å². The average Bonchev–Trinajstić information content (AvgIpc) is 3.26. The van der Waals surface area contributed by atoms with Crippen molar-refractivity contribution in [3.63, 3.8) is 0 Å². The van der Waals surface area contributed by atoms with E-state index in [0.717, 1.165) is 31.2 Å². The first-order chi connectivity index (χ1) is 15.4. The molecule has 3 aromatic rings. The summed E-state index contributed by atoms with van der Waals surface area (Å²) in [5.41, 5.74) is 1.89. The maximum Gasteiger partial charge on any atom is 0.267 e. The van der Waals surface area contributed by atoms with E-state index in [1.807, 2.05) is 26.8 Å². The molecule has 0 aromatic carbocycles. The van der Waals surface area contributed by atoms with Crippen molar-refractivity contribution in [1.29, 1.82) is 5.41 Å². The van der Waals surface area contributed by atoms with Crippen LogP contribution >= 0.6 is 0 Å². The lowest BCUT2D eigenvalue weighted by Gasteiger charge is -2.17. The zero-order valence-electron chi connectivity index (χ0n) is 19.0. The third-order valence-corrected chi connectivity index (χ3v) is 6.05. The number of amides is 1. The normalized spacial score (nSPS) is 14.6. The lowest BCUT2D eigenvalue weighted by atomic mass is 10.1. The Bertz CT molecular complexity index is 1270. The van der Waals surface area contributed by atoms with Gasteiger partial charge in [0.15, 0.2) is 0 Å². The molecule has 0 radical (unpaired) electrons. The number of hydrogen-bond acceptors (Lipinski definition) is 5. The van der Waals surface area contributed by atoms with Gasteiger partial charge >= 0.3 is 0 Å². The largest absolute Gasteiger partial charge is 0.379 e. The van der Waals surface area contributed by atoms with Gasteiger partial charge in [-0.3, -0.25) is 19.4 Å². The molecule has 32 heavy (non-hydrogen) atoms. The Morgan fingerprint density at radius 2 is 2.06 bits per heavy atom. The molecule has 0 unspecified atom stereocenters. The van der Waals surface area contributed by atoms with Crippen LogP contribution in [0.25, 0.3) is 16.7 Å². The standard InChI is InChI=1S/C24H31N5O3/c1-15(2)32-13-7-12-28-20(25)18(23(30)26-17-9-4-5-10-17)14-19-22(28)27-21-16(3)8-6-11-29(21)24(19)31/h6,8,11,14-15,17,25H,4-5,7,9-10,12-13H2,1-3H3,(H,26,30). The number of nitrogens with one attached hydrogen (secondary N) is 2. The van der Waals surface area contributed by atoms with Gasteiger partial charge in [0, 0.05) is 25.4 Å². The summed E-state index contributed by atoms with van der Waals surface area (Å²) >= 11 is 0. The molecular formula is C24H31N5O3. The zero-order chi connectivity index (χ0) is 22.8. The van der Waals surface area contributed by atoms with Gasteiger partial charge in [-0.25, -0.2) is 4.98 Å². The van der Waals surface area contributed by atoms with Gasteiger partial charge in [0.1, 0.15) is 16.8 Å². The number of aromatic nitrogens is 3. The minimum Gasteiger partial charge on any atom is -0.379 e. The van der Waals surface area contributed by atoms with E-state index in [1.165, 1.54) is 10.5 Å². The second kappa shape index (κ2) is 9.24. The van der Waals surface area contributed by atoms with Crippen LogP contribution in [0.3, 0.4) is 0 Å². The molecule has 4 rings (SSSR count). The van der Waals surface area contributed by atoms with Gasteiger partial charge in [-0.15, -0.1) is 0 Å². The van der Waals surface area contributed by atoms with Crippen molar-refractivity contribution in [2.24, 2.45) is 0 Å². The van der Waals surface area contributed by atoms with Crippen LogP contribution in [0.5, 0.6) is 0 Å². The van der Waals surface area contributed by atoms with Crippen LogP contribution in [0.2, 0.25) is 0 Å². The molecule has 1 saturated carbocycles. The fraction of sp³-hybridized carbons (Fsp3) is 0.500. The fourth-order valence-electron chi connectivity index (χ4n) is 4.36. The number of nitrogens with zero attached hydrogens (tertiary/aromatic N) is 3. The first kappa shape index (κ1) is 22.2. The monoisotopic (exact) mass is 437 g/mol. The van der Waals surface area contributed by atoms with Crippen LogP contribution < -0.4 is 16.4 Å². The van der Waals surface area contributed by atoms with E-state index in [4.69, 9.17) is 15.1 Å². The second-order valence-corrected chi connectivity index (χ2v) is 8.83. The Labute approximate surface area is 186 Å². The zero-order valence-corrected chi connectivity index (χ0v) is 19.0. The SMILES string of the molecule is Cc1cccn2c(=O)c3cc(C(=O)NC4CCCC4)c(=N)n(CCCOC(C)C)c3nc12. The number of carbonyl (C=O) groups is 1. The van der Waals surface area contributed by atoms with Crippen LogP contribution in [0.4, 0.5) is 0 Å². The number of hydrogen-bond donors (Lipinski definition) is 2. The van der Waals surface area contributed by atoms with Crippen molar-refractivity contribution in [1.82, 2.24) is 19.3 Å². The summed E-state index contributed by atoms with van der Waals surface area (Å²) in [5, 5.41) is 12.2. The smallest absolute Gasteiger partial charge is 0.267 e. The summed E-state index contributed by atoms with van der Waals surface area (Å²) in [6, 6.07) is 5.37. The molecule has 1 aliphatic rings. The molecule has 1 aliphatic carbocycles. The molecule has 2 N–H and O–H groups in total. The van der Waals surface area contributed by atoms with Crippen molar-refractivity contribution < 1.29 is 9.53 Å². The maximum atomic E-state index is 13.3. The molecule has 0 aliphatic heterocycles. The summed E-state index contributed by atoms with van der Waals surface area (Å²) in [5.74, 6) is -0.301. The number of rotatable bonds is 7. The van der Waals surface area contributed by atoms with Gasteiger partial charge in [0.25, 0.3) is 11.5 Å². The molecule has 170 valence electrons. The molecular weight excluding hydrogens is 406 g/mol. The number of fused-ring (bicyclic) bond motifs is 2. The van der Waals surface area contributed by atoms with E-state index in [2.05, 4.69) is 5.32 Å². The highest BCUT2D eigenvalue weighted by Crippen LogP contribution is 2.18. The van der Waals surface area contributed by atoms with Gasteiger partial charge in [-0.2, -0.15) is 0 Å². The number of aryl methyl sites for hydroxylation is 2. The van der Waals surface area contributed by atoms with Crippen molar-refractivity contribution in [2.75, 3.05) is 6.61 Å². The van der Waals surface area contributed by atoms with Crippen LogP contribution in [0.15, 0.2) is 29.2 Å². The van der Waals surface area contributed by atoms with E-state index in [1.54, 1.807) is 16.8 Å². The maximum absolute atomic E-state index is 13.3. The molecule has 3 heterocycles. The number of ether oxygens (including phenoxy) is 1. The highest BCUT2D eigenvalue weighted by molar-refractivity contribution is 5.97. The molecule has 8 heteroatoms.